The van der Waals surface area contributed by atoms with Crippen LogP contribution in [0.3, 0.4) is 0 Å². The van der Waals surface area contributed by atoms with Gasteiger partial charge in [-0.15, -0.1) is 0 Å². The zero-order valence-corrected chi connectivity index (χ0v) is 14.1. The maximum atomic E-state index is 12.7. The highest BCUT2D eigenvalue weighted by Gasteiger charge is 2.26. The highest BCUT2D eigenvalue weighted by molar-refractivity contribution is 6.33. The van der Waals surface area contributed by atoms with Crippen LogP contribution in [0.25, 0.3) is 0 Å². The van der Waals surface area contributed by atoms with E-state index in [1.54, 1.807) is 18.2 Å². The van der Waals surface area contributed by atoms with Crippen LogP contribution in [0.1, 0.15) is 40.2 Å². The first-order chi connectivity index (χ1) is 11.6. The smallest absolute Gasteiger partial charge is 0.339 e. The number of hydrogen-bond acceptors (Lipinski definition) is 3. The minimum absolute atomic E-state index is 0.0692. The molecular weight excluding hydrogens is 326 g/mol. The van der Waals surface area contributed by atoms with E-state index in [1.165, 1.54) is 12.7 Å². The van der Waals surface area contributed by atoms with Crippen molar-refractivity contribution < 1.29 is 14.3 Å². The van der Waals surface area contributed by atoms with Gasteiger partial charge in [0.25, 0.3) is 0 Å². The molecule has 4 nitrogen and oxygen atoms in total. The number of amides is 1. The van der Waals surface area contributed by atoms with Gasteiger partial charge in [-0.25, -0.2) is 4.79 Å². The van der Waals surface area contributed by atoms with Crippen LogP contribution in [0, 0.1) is 0 Å². The number of aryl methyl sites for hydroxylation is 1. The van der Waals surface area contributed by atoms with Gasteiger partial charge in [0, 0.05) is 5.69 Å². The van der Waals surface area contributed by atoms with Crippen molar-refractivity contribution in [2.75, 3.05) is 12.4 Å². The molecule has 0 unspecified atom stereocenters. The van der Waals surface area contributed by atoms with Gasteiger partial charge >= 0.3 is 5.97 Å². The van der Waals surface area contributed by atoms with Crippen LogP contribution in [0.5, 0.6) is 0 Å². The fourth-order valence-corrected chi connectivity index (χ4v) is 3.32. The summed E-state index contributed by atoms with van der Waals surface area (Å²) >= 11 is 6.01. The molecule has 2 aromatic carbocycles. The Bertz CT molecular complexity index is 788. The molecule has 0 spiro atoms. The lowest BCUT2D eigenvalue weighted by Crippen LogP contribution is -2.24. The van der Waals surface area contributed by atoms with Gasteiger partial charge in [-0.1, -0.05) is 35.9 Å². The molecule has 0 fully saturated rings. The third-order valence-electron chi connectivity index (χ3n) is 4.33. The molecule has 5 heteroatoms. The van der Waals surface area contributed by atoms with Crippen LogP contribution in [0.15, 0.2) is 42.5 Å². The maximum absolute atomic E-state index is 12.7. The summed E-state index contributed by atoms with van der Waals surface area (Å²) < 4.78 is 4.70. The van der Waals surface area contributed by atoms with Crippen LogP contribution < -0.4 is 5.32 Å². The third kappa shape index (κ3) is 3.29. The fourth-order valence-electron chi connectivity index (χ4n) is 3.13. The summed E-state index contributed by atoms with van der Waals surface area (Å²) in [4.78, 5) is 24.4. The molecule has 0 aromatic heterocycles. The van der Waals surface area contributed by atoms with Gasteiger partial charge in [0.05, 0.1) is 23.6 Å². The Labute approximate surface area is 145 Å². The van der Waals surface area contributed by atoms with E-state index in [4.69, 9.17) is 16.3 Å². The molecule has 0 aliphatic heterocycles. The Morgan fingerprint density at radius 1 is 1.21 bits per heavy atom. The number of esters is 1. The number of halogens is 1. The molecule has 1 aliphatic rings. The van der Waals surface area contributed by atoms with Gasteiger partial charge in [0.15, 0.2) is 0 Å². The number of methoxy groups -OCH3 is 1. The van der Waals surface area contributed by atoms with Crippen molar-refractivity contribution >= 4 is 29.2 Å². The van der Waals surface area contributed by atoms with Gasteiger partial charge in [0.1, 0.15) is 0 Å². The van der Waals surface area contributed by atoms with Crippen molar-refractivity contribution in [3.63, 3.8) is 0 Å². The Kier molecular flexibility index (Phi) is 4.86. The predicted molar refractivity (Wildman–Crippen MR) is 93.5 cm³/mol. The summed E-state index contributed by atoms with van der Waals surface area (Å²) in [6.45, 7) is 0. The van der Waals surface area contributed by atoms with E-state index in [1.807, 2.05) is 18.2 Å². The van der Waals surface area contributed by atoms with E-state index in [0.29, 0.717) is 10.7 Å². The Morgan fingerprint density at radius 3 is 2.79 bits per heavy atom. The normalized spacial score (nSPS) is 16.2. The first-order valence-electron chi connectivity index (χ1n) is 7.86. The topological polar surface area (TPSA) is 55.4 Å². The van der Waals surface area contributed by atoms with E-state index in [2.05, 4.69) is 11.4 Å². The van der Waals surface area contributed by atoms with Crippen LogP contribution in [-0.2, 0) is 16.0 Å². The average molecular weight is 344 g/mol. The van der Waals surface area contributed by atoms with Crippen molar-refractivity contribution in [3.8, 4) is 0 Å². The molecule has 1 atom stereocenters. The van der Waals surface area contributed by atoms with Crippen molar-refractivity contribution in [2.24, 2.45) is 0 Å². The first kappa shape index (κ1) is 16.5. The minimum atomic E-state index is -0.529. The highest BCUT2D eigenvalue weighted by Crippen LogP contribution is 2.32. The Hall–Kier alpha value is -2.33. The molecule has 0 bridgehead atoms. The molecule has 124 valence electrons. The molecule has 1 aliphatic carbocycles. The average Bonchev–Trinajstić information content (AvgIpc) is 2.62. The van der Waals surface area contributed by atoms with Crippen LogP contribution in [0.2, 0.25) is 5.02 Å². The van der Waals surface area contributed by atoms with Crippen LogP contribution >= 0.6 is 11.6 Å². The Morgan fingerprint density at radius 2 is 2.00 bits per heavy atom. The number of hydrogen-bond donors (Lipinski definition) is 1. The molecular formula is C19H18ClNO3. The second-order valence-electron chi connectivity index (χ2n) is 5.82. The number of benzene rings is 2. The monoisotopic (exact) mass is 343 g/mol. The Balaban J connectivity index is 1.82. The number of rotatable bonds is 3. The van der Waals surface area contributed by atoms with Crippen LogP contribution in [-0.4, -0.2) is 19.0 Å². The lowest BCUT2D eigenvalue weighted by molar-refractivity contribution is -0.117. The number of carbonyl (C=O) groups is 2. The van der Waals surface area contributed by atoms with E-state index in [0.717, 1.165) is 24.8 Å². The molecule has 0 saturated heterocycles. The highest BCUT2D eigenvalue weighted by atomic mass is 35.5. The number of nitrogens with one attached hydrogen (secondary N) is 1. The molecule has 24 heavy (non-hydrogen) atoms. The lowest BCUT2D eigenvalue weighted by atomic mass is 9.82. The van der Waals surface area contributed by atoms with Gasteiger partial charge in [-0.05, 0) is 48.6 Å². The second-order valence-corrected chi connectivity index (χ2v) is 6.23. The van der Waals surface area contributed by atoms with E-state index < -0.39 is 5.97 Å². The summed E-state index contributed by atoms with van der Waals surface area (Å²) in [7, 11) is 1.29. The zero-order valence-electron chi connectivity index (χ0n) is 13.3. The van der Waals surface area contributed by atoms with E-state index in [-0.39, 0.29) is 17.4 Å². The molecule has 1 N–H and O–H groups in total. The lowest BCUT2D eigenvalue weighted by Gasteiger charge is -2.24. The summed E-state index contributed by atoms with van der Waals surface area (Å²) in [6.07, 6.45) is 2.82. The van der Waals surface area contributed by atoms with E-state index in [9.17, 15) is 9.59 Å². The van der Waals surface area contributed by atoms with Gasteiger partial charge in [0.2, 0.25) is 5.91 Å². The summed E-state index contributed by atoms with van der Waals surface area (Å²) in [5.41, 5.74) is 3.09. The first-order valence-corrected chi connectivity index (χ1v) is 8.24. The molecule has 0 radical (unpaired) electrons. The standard InChI is InChI=1S/C19H18ClNO3/c1-24-19(23)16-11-13(9-10-17(16)20)21-18(22)15-8-4-6-12-5-2-3-7-14(12)15/h2-3,5,7,9-11,15H,4,6,8H2,1H3,(H,21,22)/t15-/m1/s1. The number of carbonyl (C=O) groups excluding carboxylic acids is 2. The van der Waals surface area contributed by atoms with Gasteiger partial charge < -0.3 is 10.1 Å². The molecule has 3 rings (SSSR count). The van der Waals surface area contributed by atoms with Gasteiger partial charge in [-0.2, -0.15) is 0 Å². The third-order valence-corrected chi connectivity index (χ3v) is 4.65. The largest absolute Gasteiger partial charge is 0.465 e. The van der Waals surface area contributed by atoms with Crippen LogP contribution in [0.4, 0.5) is 5.69 Å². The predicted octanol–water partition coefficient (Wildman–Crippen LogP) is 4.19. The van der Waals surface area contributed by atoms with Crippen molar-refractivity contribution in [2.45, 2.75) is 25.2 Å². The number of anilines is 1. The summed E-state index contributed by atoms with van der Waals surface area (Å²) in [6, 6.07) is 12.9. The second kappa shape index (κ2) is 7.05. The zero-order chi connectivity index (χ0) is 17.1. The number of ether oxygens (including phenoxy) is 1. The molecule has 1 amide bonds. The number of fused-ring (bicyclic) bond motifs is 1. The molecule has 0 heterocycles. The maximum Gasteiger partial charge on any atom is 0.339 e. The van der Waals surface area contributed by atoms with Crippen molar-refractivity contribution in [3.05, 3.63) is 64.2 Å². The van der Waals surface area contributed by atoms with Gasteiger partial charge in [-0.3, -0.25) is 4.79 Å². The quantitative estimate of drug-likeness (QED) is 0.850. The van der Waals surface area contributed by atoms with Crippen molar-refractivity contribution in [1.82, 2.24) is 0 Å². The summed E-state index contributed by atoms with van der Waals surface area (Å²) in [5, 5.41) is 3.19. The molecule has 2 aromatic rings. The SMILES string of the molecule is COC(=O)c1cc(NC(=O)[C@@H]2CCCc3ccccc32)ccc1Cl. The summed E-state index contributed by atoms with van der Waals surface area (Å²) in [5.74, 6) is -0.772. The van der Waals surface area contributed by atoms with Crippen molar-refractivity contribution in [1.29, 1.82) is 0 Å². The minimum Gasteiger partial charge on any atom is -0.465 e. The fraction of sp³-hybridized carbons (Fsp3) is 0.263. The van der Waals surface area contributed by atoms with E-state index >= 15 is 0 Å². The molecule has 0 saturated carbocycles.